The monoisotopic (exact) mass is 323 g/mol. The van der Waals surface area contributed by atoms with Gasteiger partial charge in [-0.3, -0.25) is 9.89 Å². The van der Waals surface area contributed by atoms with Gasteiger partial charge in [0.1, 0.15) is 17.8 Å². The number of aromatic amines is 1. The molecular formula is C17H17N5O2. The second kappa shape index (κ2) is 6.91. The topological polar surface area (TPSA) is 92.8 Å². The van der Waals surface area contributed by atoms with E-state index in [9.17, 15) is 4.79 Å². The Kier molecular flexibility index (Phi) is 4.51. The molecule has 1 amide bonds. The lowest BCUT2D eigenvalue weighted by molar-refractivity contribution is 0.0945. The minimum atomic E-state index is -0.252. The molecule has 2 heterocycles. The van der Waals surface area contributed by atoms with Crippen LogP contribution < -0.4 is 10.1 Å². The maximum atomic E-state index is 12.4. The molecule has 0 atom stereocenters. The standard InChI is InChI=1S/C17H17N5O2/c1-11-6-13(16-19-10-20-22-16)8-15(21-11)17(23)18-9-12-4-3-5-14(7-12)24-2/h3-8,10H,9H2,1-2H3,(H,18,23)(H,19,20,22). The molecule has 0 aliphatic carbocycles. The second-order valence-corrected chi connectivity index (χ2v) is 5.24. The number of methoxy groups -OCH3 is 1. The van der Waals surface area contributed by atoms with Crippen LogP contribution in [0.15, 0.2) is 42.7 Å². The van der Waals surface area contributed by atoms with Crippen molar-refractivity contribution in [1.82, 2.24) is 25.5 Å². The number of nitrogens with one attached hydrogen (secondary N) is 2. The zero-order chi connectivity index (χ0) is 16.9. The Labute approximate surface area is 139 Å². The SMILES string of the molecule is COc1cccc(CNC(=O)c2cc(-c3nc[nH]n3)cc(C)n2)c1. The molecule has 24 heavy (non-hydrogen) atoms. The Morgan fingerprint density at radius 1 is 1.29 bits per heavy atom. The molecule has 122 valence electrons. The second-order valence-electron chi connectivity index (χ2n) is 5.24. The fourth-order valence-electron chi connectivity index (χ4n) is 2.32. The molecular weight excluding hydrogens is 306 g/mol. The van der Waals surface area contributed by atoms with Crippen LogP contribution in [0.5, 0.6) is 5.75 Å². The summed E-state index contributed by atoms with van der Waals surface area (Å²) in [5.41, 5.74) is 2.75. The van der Waals surface area contributed by atoms with Crippen molar-refractivity contribution in [2.75, 3.05) is 7.11 Å². The maximum absolute atomic E-state index is 12.4. The molecule has 2 aromatic heterocycles. The molecule has 0 saturated carbocycles. The lowest BCUT2D eigenvalue weighted by Crippen LogP contribution is -2.24. The number of H-pyrrole nitrogens is 1. The summed E-state index contributed by atoms with van der Waals surface area (Å²) in [4.78, 5) is 20.8. The van der Waals surface area contributed by atoms with Crippen LogP contribution in [0.3, 0.4) is 0 Å². The van der Waals surface area contributed by atoms with Crippen molar-refractivity contribution in [1.29, 1.82) is 0 Å². The Hall–Kier alpha value is -3.22. The number of hydrogen-bond acceptors (Lipinski definition) is 5. The van der Waals surface area contributed by atoms with Gasteiger partial charge in [-0.25, -0.2) is 9.97 Å². The van der Waals surface area contributed by atoms with Crippen molar-refractivity contribution in [3.05, 3.63) is 59.7 Å². The van der Waals surface area contributed by atoms with Crippen LogP contribution in [0, 0.1) is 6.92 Å². The van der Waals surface area contributed by atoms with Gasteiger partial charge in [0.25, 0.3) is 5.91 Å². The van der Waals surface area contributed by atoms with E-state index >= 15 is 0 Å². The molecule has 2 N–H and O–H groups in total. The van der Waals surface area contributed by atoms with Crippen molar-refractivity contribution in [2.24, 2.45) is 0 Å². The third-order valence-corrected chi connectivity index (χ3v) is 3.45. The lowest BCUT2D eigenvalue weighted by Gasteiger charge is -2.08. The Morgan fingerprint density at radius 3 is 2.92 bits per heavy atom. The number of aromatic nitrogens is 4. The van der Waals surface area contributed by atoms with E-state index in [-0.39, 0.29) is 5.91 Å². The number of nitrogens with zero attached hydrogens (tertiary/aromatic N) is 3. The summed E-state index contributed by atoms with van der Waals surface area (Å²) in [5, 5.41) is 9.55. The zero-order valence-corrected chi connectivity index (χ0v) is 13.4. The predicted octanol–water partition coefficient (Wildman–Crippen LogP) is 2.11. The molecule has 0 aliphatic rings. The van der Waals surface area contributed by atoms with Crippen LogP contribution in [0.1, 0.15) is 21.7 Å². The fraction of sp³-hybridized carbons (Fsp3) is 0.176. The molecule has 0 unspecified atom stereocenters. The lowest BCUT2D eigenvalue weighted by atomic mass is 10.1. The number of carbonyl (C=O) groups is 1. The molecule has 0 fully saturated rings. The van der Waals surface area contributed by atoms with Gasteiger partial charge in [-0.2, -0.15) is 5.10 Å². The van der Waals surface area contributed by atoms with E-state index in [1.54, 1.807) is 13.2 Å². The van der Waals surface area contributed by atoms with E-state index < -0.39 is 0 Å². The van der Waals surface area contributed by atoms with E-state index in [1.807, 2.05) is 37.3 Å². The van der Waals surface area contributed by atoms with Gasteiger partial charge in [-0.1, -0.05) is 12.1 Å². The highest BCUT2D eigenvalue weighted by molar-refractivity contribution is 5.93. The quantitative estimate of drug-likeness (QED) is 0.750. The largest absolute Gasteiger partial charge is 0.497 e. The van der Waals surface area contributed by atoms with Gasteiger partial charge in [0.15, 0.2) is 5.82 Å². The van der Waals surface area contributed by atoms with E-state index in [4.69, 9.17) is 4.74 Å². The average molecular weight is 323 g/mol. The van der Waals surface area contributed by atoms with Gasteiger partial charge in [-0.15, -0.1) is 0 Å². The van der Waals surface area contributed by atoms with Crippen molar-refractivity contribution >= 4 is 5.91 Å². The van der Waals surface area contributed by atoms with Gasteiger partial charge in [-0.05, 0) is 36.8 Å². The smallest absolute Gasteiger partial charge is 0.270 e. The predicted molar refractivity (Wildman–Crippen MR) is 88.5 cm³/mol. The third kappa shape index (κ3) is 3.57. The summed E-state index contributed by atoms with van der Waals surface area (Å²) in [6, 6.07) is 11.1. The molecule has 0 radical (unpaired) electrons. The normalized spacial score (nSPS) is 10.4. The number of amides is 1. The number of ether oxygens (including phenoxy) is 1. The summed E-state index contributed by atoms with van der Waals surface area (Å²) in [6.45, 7) is 2.22. The molecule has 0 bridgehead atoms. The Balaban J connectivity index is 1.75. The van der Waals surface area contributed by atoms with Crippen LogP contribution in [0.25, 0.3) is 11.4 Å². The van der Waals surface area contributed by atoms with E-state index in [0.29, 0.717) is 18.1 Å². The number of aryl methyl sites for hydroxylation is 1. The first-order valence-electron chi connectivity index (χ1n) is 7.41. The highest BCUT2D eigenvalue weighted by atomic mass is 16.5. The summed E-state index contributed by atoms with van der Waals surface area (Å²) in [5.74, 6) is 1.03. The average Bonchev–Trinajstić information content (AvgIpc) is 3.14. The van der Waals surface area contributed by atoms with Crippen molar-refractivity contribution in [2.45, 2.75) is 13.5 Å². The number of benzene rings is 1. The summed E-state index contributed by atoms with van der Waals surface area (Å²) < 4.78 is 5.18. The maximum Gasteiger partial charge on any atom is 0.270 e. The molecule has 3 aromatic rings. The Bertz CT molecular complexity index is 846. The number of carbonyl (C=O) groups excluding carboxylic acids is 1. The Morgan fingerprint density at radius 2 is 2.17 bits per heavy atom. The van der Waals surface area contributed by atoms with E-state index in [1.165, 1.54) is 6.33 Å². The van der Waals surface area contributed by atoms with Gasteiger partial charge in [0.2, 0.25) is 0 Å². The van der Waals surface area contributed by atoms with Gasteiger partial charge in [0.05, 0.1) is 7.11 Å². The molecule has 3 rings (SSSR count). The van der Waals surface area contributed by atoms with Crippen LogP contribution >= 0.6 is 0 Å². The van der Waals surface area contributed by atoms with Gasteiger partial charge < -0.3 is 10.1 Å². The first-order chi connectivity index (χ1) is 11.7. The summed E-state index contributed by atoms with van der Waals surface area (Å²) in [6.07, 6.45) is 1.49. The van der Waals surface area contributed by atoms with Crippen LogP contribution in [0.4, 0.5) is 0 Å². The van der Waals surface area contributed by atoms with Crippen LogP contribution in [-0.4, -0.2) is 33.2 Å². The highest BCUT2D eigenvalue weighted by Crippen LogP contribution is 2.16. The van der Waals surface area contributed by atoms with Crippen molar-refractivity contribution < 1.29 is 9.53 Å². The third-order valence-electron chi connectivity index (χ3n) is 3.45. The first kappa shape index (κ1) is 15.7. The van der Waals surface area contributed by atoms with Crippen molar-refractivity contribution in [3.63, 3.8) is 0 Å². The number of pyridine rings is 1. The molecule has 1 aromatic carbocycles. The highest BCUT2D eigenvalue weighted by Gasteiger charge is 2.12. The number of rotatable bonds is 5. The molecule has 0 aliphatic heterocycles. The van der Waals surface area contributed by atoms with Crippen molar-refractivity contribution in [3.8, 4) is 17.1 Å². The van der Waals surface area contributed by atoms with E-state index in [2.05, 4.69) is 25.5 Å². The zero-order valence-electron chi connectivity index (χ0n) is 13.4. The first-order valence-corrected chi connectivity index (χ1v) is 7.41. The molecule has 7 heteroatoms. The number of hydrogen-bond donors (Lipinski definition) is 2. The molecule has 0 saturated heterocycles. The minimum Gasteiger partial charge on any atom is -0.497 e. The van der Waals surface area contributed by atoms with Crippen LogP contribution in [0.2, 0.25) is 0 Å². The minimum absolute atomic E-state index is 0.252. The van der Waals surface area contributed by atoms with E-state index in [0.717, 1.165) is 22.6 Å². The van der Waals surface area contributed by atoms with Gasteiger partial charge >= 0.3 is 0 Å². The fourth-order valence-corrected chi connectivity index (χ4v) is 2.32. The summed E-state index contributed by atoms with van der Waals surface area (Å²) in [7, 11) is 1.61. The summed E-state index contributed by atoms with van der Waals surface area (Å²) >= 11 is 0. The van der Waals surface area contributed by atoms with Gasteiger partial charge in [0, 0.05) is 17.8 Å². The molecule has 7 nitrogen and oxygen atoms in total. The van der Waals surface area contributed by atoms with Crippen LogP contribution in [-0.2, 0) is 6.54 Å². The molecule has 0 spiro atoms.